The molecule has 6 nitrogen and oxygen atoms in total. The van der Waals surface area contributed by atoms with Crippen LogP contribution in [0.2, 0.25) is 5.02 Å². The predicted molar refractivity (Wildman–Crippen MR) is 122 cm³/mol. The molecule has 0 aliphatic rings. The summed E-state index contributed by atoms with van der Waals surface area (Å²) in [5.41, 5.74) is 8.51. The lowest BCUT2D eigenvalue weighted by molar-refractivity contribution is -0.117. The maximum atomic E-state index is 14.9. The first kappa shape index (κ1) is 21.7. The first-order chi connectivity index (χ1) is 15.5. The second-order valence-corrected chi connectivity index (χ2v) is 7.41. The normalized spacial score (nSPS) is 10.9. The molecule has 8 heteroatoms. The molecular weight excluding hydrogens is 431 g/mol. The van der Waals surface area contributed by atoms with Crippen LogP contribution in [-0.2, 0) is 11.3 Å². The van der Waals surface area contributed by atoms with Gasteiger partial charge in [-0.3, -0.25) is 9.78 Å². The topological polar surface area (TPSA) is 85.2 Å². The number of pyridine rings is 1. The molecule has 2 heterocycles. The number of hydrogen-bond acceptors (Lipinski definition) is 5. The zero-order valence-electron chi connectivity index (χ0n) is 17.3. The van der Waals surface area contributed by atoms with Crippen LogP contribution in [0.25, 0.3) is 22.4 Å². The van der Waals surface area contributed by atoms with E-state index in [1.54, 1.807) is 67.8 Å². The Hall–Kier alpha value is -3.55. The Kier molecular flexibility index (Phi) is 6.30. The number of nitrogens with zero attached hydrogens (tertiary/aromatic N) is 3. The summed E-state index contributed by atoms with van der Waals surface area (Å²) < 4.78 is 20.6. The van der Waals surface area contributed by atoms with Crippen LogP contribution in [0.5, 0.6) is 0 Å². The molecule has 32 heavy (non-hydrogen) atoms. The highest BCUT2D eigenvalue weighted by molar-refractivity contribution is 6.34. The Labute approximate surface area is 189 Å². The van der Waals surface area contributed by atoms with Gasteiger partial charge in [0.2, 0.25) is 11.8 Å². The Morgan fingerprint density at radius 2 is 1.91 bits per heavy atom. The molecule has 0 atom stereocenters. The summed E-state index contributed by atoms with van der Waals surface area (Å²) in [5.74, 6) is -0.598. The molecule has 0 saturated heterocycles. The number of hydrogen-bond donors (Lipinski definition) is 1. The van der Waals surface area contributed by atoms with E-state index >= 15 is 0 Å². The predicted octanol–water partition coefficient (Wildman–Crippen LogP) is 5.73. The molecule has 4 rings (SSSR count). The van der Waals surface area contributed by atoms with Gasteiger partial charge >= 0.3 is 0 Å². The van der Waals surface area contributed by atoms with Gasteiger partial charge < -0.3 is 10.3 Å². The fourth-order valence-corrected chi connectivity index (χ4v) is 3.65. The number of benzene rings is 2. The molecule has 0 bridgehead atoms. The summed E-state index contributed by atoms with van der Waals surface area (Å²) in [7, 11) is 0. The molecule has 162 valence electrons. The number of aromatic nitrogens is 2. The van der Waals surface area contributed by atoms with Crippen molar-refractivity contribution < 1.29 is 13.7 Å². The smallest absolute Gasteiger partial charge is 0.247 e. The SMILES string of the molecule is CCC(=O)N(c1ccccc1Cl)c1onc(-c2cc(CN)ccc2F)c1-c1ccncc1. The maximum Gasteiger partial charge on any atom is 0.247 e. The van der Waals surface area contributed by atoms with Gasteiger partial charge in [-0.15, -0.1) is 0 Å². The van der Waals surface area contributed by atoms with Gasteiger partial charge in [0.1, 0.15) is 11.5 Å². The monoisotopic (exact) mass is 450 g/mol. The molecule has 0 saturated carbocycles. The van der Waals surface area contributed by atoms with Crippen LogP contribution in [0.15, 0.2) is 71.5 Å². The Bertz CT molecular complexity index is 1260. The molecular formula is C24H20ClFN4O2. The van der Waals surface area contributed by atoms with Crippen LogP contribution in [-0.4, -0.2) is 16.0 Å². The van der Waals surface area contributed by atoms with Crippen molar-refractivity contribution in [3.63, 3.8) is 0 Å². The van der Waals surface area contributed by atoms with E-state index in [1.165, 1.54) is 11.0 Å². The van der Waals surface area contributed by atoms with Crippen molar-refractivity contribution >= 4 is 29.1 Å². The van der Waals surface area contributed by atoms with Crippen LogP contribution in [0.3, 0.4) is 0 Å². The van der Waals surface area contributed by atoms with Crippen molar-refractivity contribution in [1.29, 1.82) is 0 Å². The molecule has 2 N–H and O–H groups in total. The molecule has 2 aromatic carbocycles. The van der Waals surface area contributed by atoms with Crippen LogP contribution in [0.4, 0.5) is 16.0 Å². The zero-order valence-corrected chi connectivity index (χ0v) is 18.0. The third-order valence-electron chi connectivity index (χ3n) is 5.01. The van der Waals surface area contributed by atoms with Gasteiger partial charge in [0, 0.05) is 30.9 Å². The van der Waals surface area contributed by atoms with Gasteiger partial charge in [-0.05, 0) is 47.5 Å². The molecule has 0 unspecified atom stereocenters. The average Bonchev–Trinajstić information content (AvgIpc) is 3.25. The molecule has 0 fully saturated rings. The van der Waals surface area contributed by atoms with Crippen LogP contribution in [0, 0.1) is 5.82 Å². The van der Waals surface area contributed by atoms with Gasteiger partial charge in [-0.1, -0.05) is 41.9 Å². The summed E-state index contributed by atoms with van der Waals surface area (Å²) in [6.45, 7) is 1.97. The van der Waals surface area contributed by atoms with E-state index in [4.69, 9.17) is 21.9 Å². The molecule has 0 radical (unpaired) electrons. The molecule has 0 aliphatic carbocycles. The zero-order chi connectivity index (χ0) is 22.7. The second-order valence-electron chi connectivity index (χ2n) is 7.00. The number of para-hydroxylation sites is 1. The van der Waals surface area contributed by atoms with Crippen molar-refractivity contribution in [2.24, 2.45) is 5.73 Å². The third-order valence-corrected chi connectivity index (χ3v) is 5.33. The summed E-state index contributed by atoms with van der Waals surface area (Å²) in [5, 5.41) is 4.54. The number of anilines is 2. The molecule has 0 spiro atoms. The Balaban J connectivity index is 2.01. The fourth-order valence-electron chi connectivity index (χ4n) is 3.43. The van der Waals surface area contributed by atoms with Gasteiger partial charge in [0.15, 0.2) is 0 Å². The summed E-state index contributed by atoms with van der Waals surface area (Å²) in [6.07, 6.45) is 3.39. The van der Waals surface area contributed by atoms with Gasteiger partial charge in [0.25, 0.3) is 0 Å². The van der Waals surface area contributed by atoms with Crippen molar-refractivity contribution in [2.45, 2.75) is 19.9 Å². The number of nitrogens with two attached hydrogens (primary N) is 1. The minimum atomic E-state index is -0.483. The average molecular weight is 451 g/mol. The van der Waals surface area contributed by atoms with Crippen LogP contribution >= 0.6 is 11.6 Å². The largest absolute Gasteiger partial charge is 0.336 e. The van der Waals surface area contributed by atoms with Crippen LogP contribution < -0.4 is 10.6 Å². The van der Waals surface area contributed by atoms with Gasteiger partial charge in [0.05, 0.1) is 16.3 Å². The van der Waals surface area contributed by atoms with Gasteiger partial charge in [-0.2, -0.15) is 0 Å². The number of carbonyl (C=O) groups excluding carboxylic acids is 1. The van der Waals surface area contributed by atoms with Crippen molar-refractivity contribution in [1.82, 2.24) is 10.1 Å². The molecule has 0 aliphatic heterocycles. The lowest BCUT2D eigenvalue weighted by Gasteiger charge is -2.21. The van der Waals surface area contributed by atoms with Crippen LogP contribution in [0.1, 0.15) is 18.9 Å². The number of carbonyl (C=O) groups is 1. The molecule has 1 amide bonds. The highest BCUT2D eigenvalue weighted by Gasteiger charge is 2.30. The lowest BCUT2D eigenvalue weighted by Crippen LogP contribution is -2.25. The van der Waals surface area contributed by atoms with E-state index < -0.39 is 5.82 Å². The number of halogens is 2. The first-order valence-electron chi connectivity index (χ1n) is 10.0. The van der Waals surface area contributed by atoms with Gasteiger partial charge in [-0.25, -0.2) is 9.29 Å². The minimum absolute atomic E-state index is 0.142. The maximum absolute atomic E-state index is 14.9. The number of amides is 1. The second kappa shape index (κ2) is 9.30. The van der Waals surface area contributed by atoms with Crippen molar-refractivity contribution in [3.8, 4) is 22.4 Å². The van der Waals surface area contributed by atoms with E-state index in [-0.39, 0.29) is 36.0 Å². The number of rotatable bonds is 6. The first-order valence-corrected chi connectivity index (χ1v) is 10.4. The lowest BCUT2D eigenvalue weighted by atomic mass is 9.99. The third kappa shape index (κ3) is 4.00. The van der Waals surface area contributed by atoms with E-state index in [0.717, 1.165) is 5.56 Å². The van der Waals surface area contributed by atoms with E-state index in [0.29, 0.717) is 21.8 Å². The minimum Gasteiger partial charge on any atom is -0.336 e. The highest BCUT2D eigenvalue weighted by atomic mass is 35.5. The highest BCUT2D eigenvalue weighted by Crippen LogP contribution is 2.44. The summed E-state index contributed by atoms with van der Waals surface area (Å²) in [6, 6.07) is 15.0. The summed E-state index contributed by atoms with van der Waals surface area (Å²) in [4.78, 5) is 18.5. The van der Waals surface area contributed by atoms with E-state index in [9.17, 15) is 9.18 Å². The standard InChI is InChI=1S/C24H20ClFN4O2/c1-2-21(31)30(20-6-4-3-5-18(20)25)24-22(16-9-11-28-12-10-16)23(29-32-24)17-13-15(14-27)7-8-19(17)26/h3-13H,2,14,27H2,1H3. The van der Waals surface area contributed by atoms with Crippen molar-refractivity contribution in [3.05, 3.63) is 83.4 Å². The fraction of sp³-hybridized carbons (Fsp3) is 0.125. The quantitative estimate of drug-likeness (QED) is 0.405. The Morgan fingerprint density at radius 3 is 2.59 bits per heavy atom. The summed E-state index contributed by atoms with van der Waals surface area (Å²) >= 11 is 6.42. The molecule has 4 aromatic rings. The van der Waals surface area contributed by atoms with Crippen molar-refractivity contribution in [2.75, 3.05) is 4.90 Å². The van der Waals surface area contributed by atoms with E-state index in [1.807, 2.05) is 0 Å². The molecule has 2 aromatic heterocycles. The van der Waals surface area contributed by atoms with E-state index in [2.05, 4.69) is 10.1 Å². The Morgan fingerprint density at radius 1 is 1.16 bits per heavy atom.